The van der Waals surface area contributed by atoms with E-state index in [9.17, 15) is 18.3 Å². The van der Waals surface area contributed by atoms with Crippen molar-refractivity contribution in [3.63, 3.8) is 0 Å². The summed E-state index contributed by atoms with van der Waals surface area (Å²) in [6.07, 6.45) is -0.291. The average Bonchev–Trinajstić information content (AvgIpc) is 3.77. The molecule has 1 N–H and O–H groups in total. The molecule has 0 unspecified atom stereocenters. The Hall–Kier alpha value is -4.93. The molecular weight excluding hydrogens is 899 g/mol. The first-order chi connectivity index (χ1) is 32.3. The molecule has 12 nitrogen and oxygen atoms in total. The van der Waals surface area contributed by atoms with Gasteiger partial charge >= 0.3 is 5.97 Å². The zero-order valence-corrected chi connectivity index (χ0v) is 42.6. The molecule has 0 bridgehead atoms. The van der Waals surface area contributed by atoms with Crippen LogP contribution in [-0.4, -0.2) is 70.9 Å². The van der Waals surface area contributed by atoms with Crippen LogP contribution in [0.5, 0.6) is 5.75 Å². The van der Waals surface area contributed by atoms with Crippen molar-refractivity contribution >= 4 is 34.8 Å². The van der Waals surface area contributed by atoms with E-state index in [2.05, 4.69) is 75.9 Å². The minimum absolute atomic E-state index is 0.0269. The number of aryl methyl sites for hydroxylation is 1. The second-order valence-corrected chi connectivity index (χ2v) is 25.7. The molecule has 5 atom stereocenters. The highest BCUT2D eigenvalue weighted by Crippen LogP contribution is 2.42. The van der Waals surface area contributed by atoms with Crippen LogP contribution in [0.4, 0.5) is 0 Å². The molecule has 5 aromatic rings. The van der Waals surface area contributed by atoms with Crippen LogP contribution in [0, 0.1) is 12.3 Å². The summed E-state index contributed by atoms with van der Waals surface area (Å²) in [5.74, 6) is 0.787. The number of benzene rings is 4. The predicted octanol–water partition coefficient (Wildman–Crippen LogP) is 9.71. The van der Waals surface area contributed by atoms with E-state index in [1.54, 1.807) is 46.3 Å². The first-order valence-electron chi connectivity index (χ1n) is 23.4. The van der Waals surface area contributed by atoms with E-state index in [4.69, 9.17) is 37.0 Å². The van der Waals surface area contributed by atoms with Gasteiger partial charge in [0.2, 0.25) is 5.89 Å². The number of carbonyl (C=O) groups excluding carboxylic acids is 1. The third-order valence-electron chi connectivity index (χ3n) is 12.1. The third kappa shape index (κ3) is 14.1. The van der Waals surface area contributed by atoms with Crippen LogP contribution in [0.25, 0.3) is 0 Å². The Bertz CT molecular complexity index is 2440. The molecule has 4 aromatic carbocycles. The van der Waals surface area contributed by atoms with Crippen molar-refractivity contribution in [2.24, 2.45) is 5.41 Å². The lowest BCUT2D eigenvalue weighted by Crippen LogP contribution is -2.68. The van der Waals surface area contributed by atoms with Gasteiger partial charge in [0, 0.05) is 19.3 Å². The zero-order valence-electron chi connectivity index (χ0n) is 40.8. The van der Waals surface area contributed by atoms with Crippen molar-refractivity contribution in [2.45, 2.75) is 141 Å². The van der Waals surface area contributed by atoms with Gasteiger partial charge in [-0.3, -0.25) is 8.98 Å². The number of carbonyl (C=O) groups is 1. The number of hydrogen-bond donors (Lipinski definition) is 1. The third-order valence-corrected chi connectivity index (χ3v) is 18.6. The van der Waals surface area contributed by atoms with E-state index in [0.717, 1.165) is 27.2 Å². The highest BCUT2D eigenvalue weighted by molar-refractivity contribution is 7.86. The van der Waals surface area contributed by atoms with Crippen molar-refractivity contribution in [1.29, 1.82) is 0 Å². The molecule has 6 rings (SSSR count). The number of aromatic nitrogens is 1. The Morgan fingerprint density at radius 3 is 2.09 bits per heavy atom. The lowest BCUT2D eigenvalue weighted by molar-refractivity contribution is -0.153. The maximum absolute atomic E-state index is 14.0. The monoisotopic (exact) mass is 967 g/mol. The molecule has 0 aliphatic carbocycles. The molecule has 2 heterocycles. The minimum Gasteiger partial charge on any atom is -0.497 e. The Morgan fingerprint density at radius 1 is 0.868 bits per heavy atom. The Kier molecular flexibility index (Phi) is 17.8. The van der Waals surface area contributed by atoms with Gasteiger partial charge in [0.05, 0.1) is 55.0 Å². The first-order valence-corrected chi connectivity index (χ1v) is 26.7. The van der Waals surface area contributed by atoms with E-state index < -0.39 is 48.3 Å². The molecular formula is C54H69NO11SSi. The van der Waals surface area contributed by atoms with Crippen LogP contribution in [0.1, 0.15) is 109 Å². The number of rotatable bonds is 22. The summed E-state index contributed by atoms with van der Waals surface area (Å²) in [6.45, 7) is 18.7. The second-order valence-electron chi connectivity index (χ2n) is 19.8. The SMILES string of the molecule is C=C(C[C@@H](O)CCOC(=O)C(C)(C)C)C[C@@H](C[C@@H]1C[C@@H](O[Si](c2ccccc2)(c2ccccc2)C(C)(C)C)C[C@H](c2coc(COCc3ccc(OC)cc3)n2)O1)OS(=O)(=O)c1ccc(C)cc1. The van der Waals surface area contributed by atoms with Gasteiger partial charge in [-0.15, -0.1) is 0 Å². The summed E-state index contributed by atoms with van der Waals surface area (Å²) in [5.41, 5.74) is 2.35. The van der Waals surface area contributed by atoms with Gasteiger partial charge in [-0.2, -0.15) is 8.42 Å². The number of methoxy groups -OCH3 is 1. The van der Waals surface area contributed by atoms with Crippen LogP contribution < -0.4 is 15.1 Å². The van der Waals surface area contributed by atoms with E-state index in [1.165, 1.54) is 12.1 Å². The van der Waals surface area contributed by atoms with Crippen LogP contribution in [0.15, 0.2) is 137 Å². The van der Waals surface area contributed by atoms with Crippen LogP contribution in [0.2, 0.25) is 5.04 Å². The molecule has 1 aliphatic heterocycles. The summed E-state index contributed by atoms with van der Waals surface area (Å²) in [6, 6.07) is 35.0. The highest BCUT2D eigenvalue weighted by atomic mass is 32.2. The molecule has 14 heteroatoms. The van der Waals surface area contributed by atoms with Crippen molar-refractivity contribution in [2.75, 3.05) is 13.7 Å². The number of hydrogen-bond acceptors (Lipinski definition) is 12. The number of esters is 1. The molecule has 0 spiro atoms. The lowest BCUT2D eigenvalue weighted by Gasteiger charge is -2.47. The Morgan fingerprint density at radius 2 is 1.50 bits per heavy atom. The van der Waals surface area contributed by atoms with Gasteiger partial charge in [-0.1, -0.05) is 123 Å². The number of oxazole rings is 1. The Balaban J connectivity index is 1.30. The molecule has 1 saturated heterocycles. The molecule has 366 valence electrons. The molecule has 0 radical (unpaired) electrons. The fourth-order valence-electron chi connectivity index (χ4n) is 8.60. The number of aliphatic hydroxyl groups is 1. The average molecular weight is 968 g/mol. The lowest BCUT2D eigenvalue weighted by atomic mass is 9.93. The minimum atomic E-state index is -4.26. The summed E-state index contributed by atoms with van der Waals surface area (Å²) in [5, 5.41) is 13.0. The van der Waals surface area contributed by atoms with Gasteiger partial charge in [-0.25, -0.2) is 4.98 Å². The van der Waals surface area contributed by atoms with E-state index in [1.807, 2.05) is 43.3 Å². The maximum Gasteiger partial charge on any atom is 0.311 e. The summed E-state index contributed by atoms with van der Waals surface area (Å²) >= 11 is 0. The van der Waals surface area contributed by atoms with Crippen LogP contribution in [-0.2, 0) is 50.9 Å². The fourth-order valence-corrected chi connectivity index (χ4v) is 14.4. The number of nitrogens with zero attached hydrogens (tertiary/aromatic N) is 1. The van der Waals surface area contributed by atoms with Crippen molar-refractivity contribution in [3.05, 3.63) is 150 Å². The summed E-state index contributed by atoms with van der Waals surface area (Å²) in [4.78, 5) is 17.2. The van der Waals surface area contributed by atoms with Gasteiger partial charge in [0.25, 0.3) is 18.4 Å². The van der Waals surface area contributed by atoms with E-state index in [0.29, 0.717) is 36.6 Å². The number of ether oxygens (including phenoxy) is 4. The zero-order chi connectivity index (χ0) is 49.1. The molecule has 1 aliphatic rings. The molecule has 0 saturated carbocycles. The molecule has 1 fully saturated rings. The normalized spacial score (nSPS) is 17.9. The van der Waals surface area contributed by atoms with Crippen molar-refractivity contribution < 1.29 is 50.3 Å². The van der Waals surface area contributed by atoms with Crippen LogP contribution in [0.3, 0.4) is 0 Å². The van der Waals surface area contributed by atoms with Crippen molar-refractivity contribution in [1.82, 2.24) is 4.98 Å². The van der Waals surface area contributed by atoms with E-state index in [-0.39, 0.29) is 60.9 Å². The smallest absolute Gasteiger partial charge is 0.311 e. The van der Waals surface area contributed by atoms with Gasteiger partial charge < -0.3 is 32.9 Å². The number of aliphatic hydroxyl groups excluding tert-OH is 1. The van der Waals surface area contributed by atoms with E-state index >= 15 is 0 Å². The predicted molar refractivity (Wildman–Crippen MR) is 265 cm³/mol. The topological polar surface area (TPSA) is 153 Å². The second kappa shape index (κ2) is 23.1. The van der Waals surface area contributed by atoms with Crippen LogP contribution >= 0.6 is 0 Å². The quantitative estimate of drug-likeness (QED) is 0.0304. The van der Waals surface area contributed by atoms with Gasteiger partial charge in [0.15, 0.2) is 0 Å². The first kappa shape index (κ1) is 52.4. The molecule has 0 amide bonds. The molecule has 1 aromatic heterocycles. The summed E-state index contributed by atoms with van der Waals surface area (Å²) in [7, 11) is -5.71. The van der Waals surface area contributed by atoms with Gasteiger partial charge in [-0.05, 0) is 92.2 Å². The standard InChI is InChI=1S/C54H69NO11SSi/c1-38-20-26-46(27-21-38)67(58,59)65-44(31-39(2)30-41(56)28-29-62-52(57)53(3,4)5)32-43-33-45(66-68(54(6,7)8,47-16-12-10-13-17-47)48-18-14-11-15-19-48)34-50(64-43)49-36-63-51(55-49)37-61-35-40-22-24-42(60-9)25-23-40/h10-27,36,41,43-45,50,56H,2,28-35,37H2,1,3-9H3/t41-,43+,44-,45+,50+/m0/s1. The van der Waals surface area contributed by atoms with Gasteiger partial charge in [0.1, 0.15) is 30.4 Å². The molecule has 68 heavy (non-hydrogen) atoms. The maximum atomic E-state index is 14.0. The van der Waals surface area contributed by atoms with Crippen molar-refractivity contribution in [3.8, 4) is 5.75 Å². The Labute approximate surface area is 404 Å². The largest absolute Gasteiger partial charge is 0.497 e. The highest BCUT2D eigenvalue weighted by Gasteiger charge is 2.52. The fraction of sp³-hybridized carbons (Fsp3) is 0.444. The summed E-state index contributed by atoms with van der Waals surface area (Å²) < 4.78 is 71.4.